The molecule has 0 aliphatic rings. The molecular weight excluding hydrogens is 344 g/mol. The van der Waals surface area contributed by atoms with Crippen LogP contribution in [0.2, 0.25) is 0 Å². The minimum absolute atomic E-state index is 0.160. The molecular formula is C13H14N2O4S3. The predicted molar refractivity (Wildman–Crippen MR) is 85.6 cm³/mol. The van der Waals surface area contributed by atoms with E-state index in [1.54, 1.807) is 29.0 Å². The van der Waals surface area contributed by atoms with Crippen LogP contribution in [0.4, 0.5) is 0 Å². The van der Waals surface area contributed by atoms with Crippen LogP contribution in [0.25, 0.3) is 0 Å². The summed E-state index contributed by atoms with van der Waals surface area (Å²) in [4.78, 5) is 23.4. The summed E-state index contributed by atoms with van der Waals surface area (Å²) in [7, 11) is -2.29. The number of nitrogens with one attached hydrogen (secondary N) is 2. The molecule has 0 unspecified atom stereocenters. The van der Waals surface area contributed by atoms with Crippen LogP contribution in [0.3, 0.4) is 0 Å². The molecule has 0 saturated carbocycles. The van der Waals surface area contributed by atoms with E-state index in [1.165, 1.54) is 24.5 Å². The van der Waals surface area contributed by atoms with Crippen molar-refractivity contribution in [1.29, 1.82) is 0 Å². The Bertz CT molecular complexity index is 736. The van der Waals surface area contributed by atoms with E-state index in [0.29, 0.717) is 4.88 Å². The van der Waals surface area contributed by atoms with Gasteiger partial charge in [0.1, 0.15) is 9.46 Å². The van der Waals surface area contributed by atoms with E-state index in [9.17, 15) is 18.0 Å². The number of likely N-dealkylation sites (N-methyl/N-ethyl adjacent to an activating group) is 1. The van der Waals surface area contributed by atoms with Crippen molar-refractivity contribution in [2.75, 3.05) is 13.6 Å². The summed E-state index contributed by atoms with van der Waals surface area (Å²) in [6, 6.07) is 6.64. The van der Waals surface area contributed by atoms with Crippen LogP contribution in [-0.4, -0.2) is 33.8 Å². The second-order valence-corrected chi connectivity index (χ2v) is 8.55. The summed E-state index contributed by atoms with van der Waals surface area (Å²) in [6.45, 7) is -0.160. The van der Waals surface area contributed by atoms with Crippen molar-refractivity contribution in [2.45, 2.75) is 9.46 Å². The molecule has 2 heterocycles. The lowest BCUT2D eigenvalue weighted by molar-refractivity contribution is -0.138. The molecule has 0 fully saturated rings. The fourth-order valence-electron chi connectivity index (χ4n) is 1.78. The maximum absolute atomic E-state index is 12.7. The number of hydrogen-bond donors (Lipinski definition) is 2. The normalized spacial score (nSPS) is 12.6. The highest BCUT2D eigenvalue weighted by molar-refractivity contribution is 7.93. The van der Waals surface area contributed by atoms with Gasteiger partial charge in [0.25, 0.3) is 0 Å². The highest BCUT2D eigenvalue weighted by Gasteiger charge is 2.31. The summed E-state index contributed by atoms with van der Waals surface area (Å²) in [5.41, 5.74) is 0. The fraction of sp³-hybridized carbons (Fsp3) is 0.231. The van der Waals surface area contributed by atoms with E-state index in [4.69, 9.17) is 0 Å². The molecule has 0 radical (unpaired) electrons. The van der Waals surface area contributed by atoms with Crippen molar-refractivity contribution in [3.63, 3.8) is 0 Å². The first-order chi connectivity index (χ1) is 10.5. The third-order valence-electron chi connectivity index (χ3n) is 2.89. The predicted octanol–water partition coefficient (Wildman–Crippen LogP) is 1.19. The van der Waals surface area contributed by atoms with E-state index in [2.05, 4.69) is 10.6 Å². The Morgan fingerprint density at radius 1 is 1.14 bits per heavy atom. The average Bonchev–Trinajstić information content (AvgIpc) is 3.19. The van der Waals surface area contributed by atoms with Gasteiger partial charge in [0.05, 0.1) is 0 Å². The lowest BCUT2D eigenvalue weighted by Crippen LogP contribution is -2.40. The van der Waals surface area contributed by atoms with Gasteiger partial charge < -0.3 is 10.6 Å². The summed E-state index contributed by atoms with van der Waals surface area (Å²) < 4.78 is 25.7. The third kappa shape index (κ3) is 3.54. The number of sulfone groups is 1. The van der Waals surface area contributed by atoms with Crippen LogP contribution in [0.5, 0.6) is 0 Å². The second-order valence-electron chi connectivity index (χ2n) is 4.27. The van der Waals surface area contributed by atoms with Crippen molar-refractivity contribution >= 4 is 44.3 Å². The Balaban J connectivity index is 2.26. The fourth-order valence-corrected chi connectivity index (χ4v) is 5.77. The van der Waals surface area contributed by atoms with E-state index < -0.39 is 26.9 Å². The van der Waals surface area contributed by atoms with Gasteiger partial charge in [-0.15, -0.1) is 22.7 Å². The number of rotatable bonds is 5. The molecule has 2 rings (SSSR count). The zero-order valence-corrected chi connectivity index (χ0v) is 14.1. The Kier molecular flexibility index (Phi) is 5.33. The zero-order chi connectivity index (χ0) is 16.2. The van der Waals surface area contributed by atoms with Crippen LogP contribution < -0.4 is 10.6 Å². The molecule has 22 heavy (non-hydrogen) atoms. The molecule has 1 atom stereocenters. The molecule has 118 valence electrons. The van der Waals surface area contributed by atoms with Gasteiger partial charge in [-0.05, 0) is 22.9 Å². The van der Waals surface area contributed by atoms with E-state index in [0.717, 1.165) is 11.3 Å². The lowest BCUT2D eigenvalue weighted by Gasteiger charge is -2.16. The summed E-state index contributed by atoms with van der Waals surface area (Å²) in [5, 5.41) is 7.10. The van der Waals surface area contributed by atoms with Crippen molar-refractivity contribution in [3.05, 3.63) is 39.9 Å². The van der Waals surface area contributed by atoms with Gasteiger partial charge in [-0.25, -0.2) is 8.42 Å². The average molecular weight is 358 g/mol. The van der Waals surface area contributed by atoms with Gasteiger partial charge in [0, 0.05) is 18.5 Å². The van der Waals surface area contributed by atoms with Gasteiger partial charge in [0.15, 0.2) is 9.84 Å². The largest absolute Gasteiger partial charge is 0.351 e. The number of carbonyl (C=O) groups is 2. The third-order valence-corrected chi connectivity index (χ3v) is 7.54. The maximum atomic E-state index is 12.7. The summed E-state index contributed by atoms with van der Waals surface area (Å²) in [5.74, 6) is -1.66. The topological polar surface area (TPSA) is 92.3 Å². The quantitative estimate of drug-likeness (QED) is 0.785. The first kappa shape index (κ1) is 16.7. The van der Waals surface area contributed by atoms with Crippen LogP contribution in [-0.2, 0) is 19.4 Å². The SMILES string of the molecule is CNC(=O)C(=O)NC[C@H](c1cccs1)S(=O)(=O)c1cccs1. The summed E-state index contributed by atoms with van der Waals surface area (Å²) in [6.07, 6.45) is 0. The molecule has 2 aromatic heterocycles. The molecule has 2 N–H and O–H groups in total. The molecule has 0 aliphatic carbocycles. The van der Waals surface area contributed by atoms with E-state index in [1.807, 2.05) is 0 Å². The van der Waals surface area contributed by atoms with Crippen LogP contribution in [0, 0.1) is 0 Å². The van der Waals surface area contributed by atoms with Crippen molar-refractivity contribution in [2.24, 2.45) is 0 Å². The molecule has 0 aromatic carbocycles. The van der Waals surface area contributed by atoms with Gasteiger partial charge in [-0.2, -0.15) is 0 Å². The Morgan fingerprint density at radius 3 is 2.36 bits per heavy atom. The number of thiophene rings is 2. The Morgan fingerprint density at radius 2 is 1.82 bits per heavy atom. The first-order valence-electron chi connectivity index (χ1n) is 6.27. The van der Waals surface area contributed by atoms with Gasteiger partial charge in [-0.3, -0.25) is 9.59 Å². The molecule has 2 amide bonds. The van der Waals surface area contributed by atoms with Crippen molar-refractivity contribution in [3.8, 4) is 0 Å². The van der Waals surface area contributed by atoms with Crippen LogP contribution in [0.15, 0.2) is 39.2 Å². The number of carbonyl (C=O) groups excluding carboxylic acids is 2. The second kappa shape index (κ2) is 7.03. The summed E-state index contributed by atoms with van der Waals surface area (Å²) >= 11 is 2.42. The van der Waals surface area contributed by atoms with Crippen LogP contribution >= 0.6 is 22.7 Å². The highest BCUT2D eigenvalue weighted by atomic mass is 32.2. The van der Waals surface area contributed by atoms with Crippen molar-refractivity contribution in [1.82, 2.24) is 10.6 Å². The molecule has 0 saturated heterocycles. The first-order valence-corrected chi connectivity index (χ1v) is 9.58. The minimum atomic E-state index is -3.63. The van der Waals surface area contributed by atoms with Gasteiger partial charge in [0.2, 0.25) is 0 Å². The molecule has 9 heteroatoms. The molecule has 0 spiro atoms. The van der Waals surface area contributed by atoms with Crippen molar-refractivity contribution < 1.29 is 18.0 Å². The minimum Gasteiger partial charge on any atom is -0.351 e. The molecule has 0 bridgehead atoms. The van der Waals surface area contributed by atoms with Gasteiger partial charge >= 0.3 is 11.8 Å². The molecule has 0 aliphatic heterocycles. The Hall–Kier alpha value is -1.71. The smallest absolute Gasteiger partial charge is 0.309 e. The lowest BCUT2D eigenvalue weighted by atomic mass is 10.3. The van der Waals surface area contributed by atoms with Crippen LogP contribution in [0.1, 0.15) is 10.1 Å². The molecule has 6 nitrogen and oxygen atoms in total. The standard InChI is InChI=1S/C13H14N2O4S3/c1-14-12(16)13(17)15-8-10(9-4-2-6-20-9)22(18,19)11-5-3-7-21-11/h2-7,10H,8H2,1H3,(H,14,16)(H,15,17)/t10-/m1/s1. The molecule has 2 aromatic rings. The number of amides is 2. The maximum Gasteiger partial charge on any atom is 0.309 e. The van der Waals surface area contributed by atoms with Gasteiger partial charge in [-0.1, -0.05) is 12.1 Å². The Labute approximate surface area is 136 Å². The monoisotopic (exact) mass is 358 g/mol. The zero-order valence-electron chi connectivity index (χ0n) is 11.6. The van der Waals surface area contributed by atoms with E-state index >= 15 is 0 Å². The number of hydrogen-bond acceptors (Lipinski definition) is 6. The highest BCUT2D eigenvalue weighted by Crippen LogP contribution is 2.33. The van der Waals surface area contributed by atoms with E-state index in [-0.39, 0.29) is 10.8 Å².